The van der Waals surface area contributed by atoms with Gasteiger partial charge in [0, 0.05) is 19.8 Å². The Bertz CT molecular complexity index is 962. The number of carbonyl (C=O) groups is 1. The summed E-state index contributed by atoms with van der Waals surface area (Å²) in [5.41, 5.74) is 2.85. The molecule has 0 bridgehead atoms. The molecule has 7 nitrogen and oxygen atoms in total. The lowest BCUT2D eigenvalue weighted by molar-refractivity contribution is 0.0770. The zero-order chi connectivity index (χ0) is 20.3. The number of amides is 1. The van der Waals surface area contributed by atoms with Crippen LogP contribution in [0.4, 0.5) is 0 Å². The first-order valence-corrected chi connectivity index (χ1v) is 9.80. The topological polar surface area (TPSA) is 73.4 Å². The Labute approximate surface area is 172 Å². The van der Waals surface area contributed by atoms with Gasteiger partial charge in [-0.1, -0.05) is 22.9 Å². The van der Waals surface area contributed by atoms with Gasteiger partial charge in [-0.3, -0.25) is 9.48 Å². The van der Waals surface area contributed by atoms with Crippen LogP contribution < -0.4 is 4.74 Å². The Hall–Kier alpha value is -2.61. The highest BCUT2D eigenvalue weighted by molar-refractivity contribution is 9.10. The fourth-order valence-electron chi connectivity index (χ4n) is 2.70. The minimum Gasteiger partial charge on any atom is -0.489 e. The highest BCUT2D eigenvalue weighted by Gasteiger charge is 2.24. The second-order valence-electron chi connectivity index (χ2n) is 6.61. The van der Waals surface area contributed by atoms with Crippen LogP contribution in [0.1, 0.15) is 40.0 Å². The largest absolute Gasteiger partial charge is 0.489 e. The van der Waals surface area contributed by atoms with E-state index in [1.165, 1.54) is 0 Å². The summed E-state index contributed by atoms with van der Waals surface area (Å²) in [7, 11) is 1.72. The average Bonchev–Trinajstić information content (AvgIpc) is 3.23. The number of hydrogen-bond donors (Lipinski definition) is 0. The minimum atomic E-state index is -0.239. The van der Waals surface area contributed by atoms with Gasteiger partial charge in [-0.25, -0.2) is 0 Å². The molecule has 1 amide bonds. The number of nitrogens with zero attached hydrogens (tertiary/aromatic N) is 4. The molecule has 28 heavy (non-hydrogen) atoms. The Balaban J connectivity index is 1.72. The van der Waals surface area contributed by atoms with E-state index < -0.39 is 0 Å². The van der Waals surface area contributed by atoms with Crippen LogP contribution in [0.3, 0.4) is 0 Å². The number of halogens is 1. The van der Waals surface area contributed by atoms with Gasteiger partial charge in [-0.05, 0) is 48.8 Å². The second-order valence-corrected chi connectivity index (χ2v) is 7.46. The van der Waals surface area contributed by atoms with Gasteiger partial charge in [0.05, 0.1) is 22.3 Å². The van der Waals surface area contributed by atoms with Crippen molar-refractivity contribution in [2.75, 3.05) is 7.05 Å². The third-order valence-corrected chi connectivity index (χ3v) is 5.10. The molecule has 3 aromatic rings. The summed E-state index contributed by atoms with van der Waals surface area (Å²) in [5, 5.41) is 8.43. The molecule has 0 fully saturated rings. The number of ether oxygens (including phenoxy) is 1. The quantitative estimate of drug-likeness (QED) is 0.545. The number of carbonyl (C=O) groups excluding carboxylic acids is 1. The summed E-state index contributed by atoms with van der Waals surface area (Å²) in [5.74, 6) is 1.06. The molecule has 0 N–H and O–H groups in total. The van der Waals surface area contributed by atoms with Crippen LogP contribution in [0.25, 0.3) is 0 Å². The zero-order valence-corrected chi connectivity index (χ0v) is 18.0. The first kappa shape index (κ1) is 20.1. The minimum absolute atomic E-state index is 0.210. The fourth-order valence-corrected chi connectivity index (χ4v) is 3.14. The maximum Gasteiger partial charge on any atom is 0.276 e. The Morgan fingerprint density at radius 1 is 1.29 bits per heavy atom. The van der Waals surface area contributed by atoms with Gasteiger partial charge < -0.3 is 14.2 Å². The summed E-state index contributed by atoms with van der Waals surface area (Å²) >= 11 is 3.49. The second kappa shape index (κ2) is 8.60. The van der Waals surface area contributed by atoms with Crippen molar-refractivity contribution in [1.29, 1.82) is 0 Å². The predicted molar refractivity (Wildman–Crippen MR) is 108 cm³/mol. The molecular formula is C20H23BrN4O3. The van der Waals surface area contributed by atoms with E-state index in [1.807, 2.05) is 49.0 Å². The number of aryl methyl sites for hydroxylation is 3. The SMILES string of the molecule is CCn1cc(Br)c(CN(C)C(=O)c2noc(C)c2COc2ccc(C)cc2)n1. The number of hydrogen-bond acceptors (Lipinski definition) is 5. The maximum atomic E-state index is 12.9. The normalized spacial score (nSPS) is 10.9. The van der Waals surface area contributed by atoms with E-state index in [0.29, 0.717) is 17.9 Å². The summed E-state index contributed by atoms with van der Waals surface area (Å²) in [6.45, 7) is 7.13. The maximum absolute atomic E-state index is 12.9. The first-order valence-electron chi connectivity index (χ1n) is 9.01. The Morgan fingerprint density at radius 2 is 2.00 bits per heavy atom. The molecule has 0 atom stereocenters. The van der Waals surface area contributed by atoms with Crippen molar-refractivity contribution in [1.82, 2.24) is 19.8 Å². The molecule has 1 aromatic carbocycles. The molecular weight excluding hydrogens is 424 g/mol. The summed E-state index contributed by atoms with van der Waals surface area (Å²) in [6.07, 6.45) is 1.90. The molecule has 0 aliphatic heterocycles. The van der Waals surface area contributed by atoms with E-state index in [9.17, 15) is 4.79 Å². The van der Waals surface area contributed by atoms with Crippen molar-refractivity contribution in [3.63, 3.8) is 0 Å². The van der Waals surface area contributed by atoms with Crippen molar-refractivity contribution in [2.24, 2.45) is 0 Å². The Morgan fingerprint density at radius 3 is 2.64 bits per heavy atom. The van der Waals surface area contributed by atoms with Crippen LogP contribution in [-0.4, -0.2) is 32.8 Å². The molecule has 148 valence electrons. The molecule has 2 heterocycles. The van der Waals surface area contributed by atoms with Crippen molar-refractivity contribution in [3.05, 3.63) is 63.2 Å². The van der Waals surface area contributed by atoms with Crippen molar-refractivity contribution >= 4 is 21.8 Å². The van der Waals surface area contributed by atoms with Gasteiger partial charge in [0.25, 0.3) is 5.91 Å². The molecule has 2 aromatic heterocycles. The van der Waals surface area contributed by atoms with Crippen LogP contribution in [-0.2, 0) is 19.7 Å². The van der Waals surface area contributed by atoms with Gasteiger partial charge in [0.15, 0.2) is 5.69 Å². The number of benzene rings is 1. The third-order valence-electron chi connectivity index (χ3n) is 4.44. The highest BCUT2D eigenvalue weighted by atomic mass is 79.9. The lowest BCUT2D eigenvalue weighted by Gasteiger charge is -2.15. The van der Waals surface area contributed by atoms with Crippen molar-refractivity contribution in [2.45, 2.75) is 40.5 Å². The lowest BCUT2D eigenvalue weighted by Crippen LogP contribution is -2.28. The van der Waals surface area contributed by atoms with Crippen LogP contribution in [0.15, 0.2) is 39.5 Å². The van der Waals surface area contributed by atoms with Crippen LogP contribution in [0.5, 0.6) is 5.75 Å². The van der Waals surface area contributed by atoms with Gasteiger partial charge in [0.2, 0.25) is 0 Å². The summed E-state index contributed by atoms with van der Waals surface area (Å²) in [4.78, 5) is 14.5. The van der Waals surface area contributed by atoms with Gasteiger partial charge in [-0.15, -0.1) is 0 Å². The van der Waals surface area contributed by atoms with Crippen LogP contribution >= 0.6 is 15.9 Å². The van der Waals surface area contributed by atoms with Gasteiger partial charge in [0.1, 0.15) is 18.1 Å². The monoisotopic (exact) mass is 446 g/mol. The van der Waals surface area contributed by atoms with E-state index in [1.54, 1.807) is 18.9 Å². The molecule has 0 radical (unpaired) electrons. The molecule has 0 unspecified atom stereocenters. The standard InChI is InChI=1S/C20H23BrN4O3/c1-5-25-10-17(21)18(22-25)11-24(4)20(26)19-16(14(3)28-23-19)12-27-15-8-6-13(2)7-9-15/h6-10H,5,11-12H2,1-4H3. The molecule has 0 saturated heterocycles. The average molecular weight is 447 g/mol. The first-order chi connectivity index (χ1) is 13.4. The summed E-state index contributed by atoms with van der Waals surface area (Å²) in [6, 6.07) is 7.74. The van der Waals surface area contributed by atoms with E-state index in [0.717, 1.165) is 28.0 Å². The van der Waals surface area contributed by atoms with E-state index in [-0.39, 0.29) is 18.2 Å². The molecule has 8 heteroatoms. The predicted octanol–water partition coefficient (Wildman–Crippen LogP) is 4.12. The molecule has 3 rings (SSSR count). The molecule has 0 aliphatic carbocycles. The van der Waals surface area contributed by atoms with E-state index in [4.69, 9.17) is 9.26 Å². The van der Waals surface area contributed by atoms with Gasteiger partial charge >= 0.3 is 0 Å². The van der Waals surface area contributed by atoms with Gasteiger partial charge in [-0.2, -0.15) is 5.10 Å². The smallest absolute Gasteiger partial charge is 0.276 e. The number of rotatable bonds is 7. The molecule has 0 aliphatic rings. The van der Waals surface area contributed by atoms with Crippen molar-refractivity contribution < 1.29 is 14.1 Å². The third kappa shape index (κ3) is 4.44. The van der Waals surface area contributed by atoms with Crippen LogP contribution in [0.2, 0.25) is 0 Å². The van der Waals surface area contributed by atoms with Crippen molar-refractivity contribution in [3.8, 4) is 5.75 Å². The molecule has 0 saturated carbocycles. The highest BCUT2D eigenvalue weighted by Crippen LogP contribution is 2.21. The van der Waals surface area contributed by atoms with Crippen LogP contribution in [0, 0.1) is 13.8 Å². The summed E-state index contributed by atoms with van der Waals surface area (Å²) < 4.78 is 13.8. The molecule has 0 spiro atoms. The van der Waals surface area contributed by atoms with E-state index in [2.05, 4.69) is 26.2 Å². The number of aromatic nitrogens is 3. The van der Waals surface area contributed by atoms with E-state index >= 15 is 0 Å². The Kier molecular flexibility index (Phi) is 6.18. The fraction of sp³-hybridized carbons (Fsp3) is 0.350. The zero-order valence-electron chi connectivity index (χ0n) is 16.4. The lowest BCUT2D eigenvalue weighted by atomic mass is 10.2.